The minimum Gasteiger partial charge on any atom is -0.379 e. The SMILES string of the molecule is O=C(CN1CCOCC1)C1CCCCN1. The Morgan fingerprint density at radius 3 is 2.80 bits per heavy atom. The summed E-state index contributed by atoms with van der Waals surface area (Å²) < 4.78 is 5.26. The van der Waals surface area contributed by atoms with E-state index in [1.54, 1.807) is 0 Å². The maximum atomic E-state index is 11.9. The molecule has 1 unspecified atom stereocenters. The summed E-state index contributed by atoms with van der Waals surface area (Å²) in [4.78, 5) is 14.1. The normalized spacial score (nSPS) is 28.9. The van der Waals surface area contributed by atoms with Crippen LogP contribution in [0.2, 0.25) is 0 Å². The zero-order chi connectivity index (χ0) is 10.5. The van der Waals surface area contributed by atoms with E-state index in [9.17, 15) is 4.79 Å². The Labute approximate surface area is 91.0 Å². The highest BCUT2D eigenvalue weighted by atomic mass is 16.5. The van der Waals surface area contributed by atoms with Crippen molar-refractivity contribution < 1.29 is 9.53 Å². The molecule has 4 nitrogen and oxygen atoms in total. The Morgan fingerprint density at radius 1 is 1.33 bits per heavy atom. The first-order chi connectivity index (χ1) is 7.36. The Morgan fingerprint density at radius 2 is 2.13 bits per heavy atom. The highest BCUT2D eigenvalue weighted by Gasteiger charge is 2.23. The lowest BCUT2D eigenvalue weighted by Crippen LogP contribution is -2.47. The first-order valence-electron chi connectivity index (χ1n) is 5.92. The number of hydrogen-bond donors (Lipinski definition) is 1. The number of piperidine rings is 1. The van der Waals surface area contributed by atoms with E-state index in [0.717, 1.165) is 39.3 Å². The van der Waals surface area contributed by atoms with Crippen molar-refractivity contribution in [3.8, 4) is 0 Å². The van der Waals surface area contributed by atoms with E-state index in [-0.39, 0.29) is 6.04 Å². The molecule has 0 aromatic carbocycles. The van der Waals surface area contributed by atoms with Gasteiger partial charge in [0.25, 0.3) is 0 Å². The summed E-state index contributed by atoms with van der Waals surface area (Å²) in [5.74, 6) is 0.358. The number of nitrogens with one attached hydrogen (secondary N) is 1. The first-order valence-corrected chi connectivity index (χ1v) is 5.92. The van der Waals surface area contributed by atoms with Gasteiger partial charge in [0, 0.05) is 13.1 Å². The van der Waals surface area contributed by atoms with Crippen molar-refractivity contribution >= 4 is 5.78 Å². The average Bonchev–Trinajstić information content (AvgIpc) is 2.31. The summed E-state index contributed by atoms with van der Waals surface area (Å²) in [5, 5.41) is 3.30. The molecule has 0 aromatic rings. The fourth-order valence-electron chi connectivity index (χ4n) is 2.22. The van der Waals surface area contributed by atoms with Crippen LogP contribution in [0.15, 0.2) is 0 Å². The lowest BCUT2D eigenvalue weighted by Gasteiger charge is -2.29. The number of ether oxygens (including phenoxy) is 1. The third-order valence-electron chi connectivity index (χ3n) is 3.18. The van der Waals surface area contributed by atoms with Crippen LogP contribution in [0, 0.1) is 0 Å². The number of carbonyl (C=O) groups excluding carboxylic acids is 1. The zero-order valence-corrected chi connectivity index (χ0v) is 9.21. The van der Waals surface area contributed by atoms with Gasteiger partial charge < -0.3 is 10.1 Å². The van der Waals surface area contributed by atoms with E-state index in [0.29, 0.717) is 12.3 Å². The average molecular weight is 212 g/mol. The summed E-state index contributed by atoms with van der Waals surface area (Å²) in [7, 11) is 0. The van der Waals surface area contributed by atoms with Crippen molar-refractivity contribution in [3.05, 3.63) is 0 Å². The monoisotopic (exact) mass is 212 g/mol. The number of Topliss-reactive ketones (excluding diaryl/α,β-unsaturated/α-hetero) is 1. The molecule has 2 heterocycles. The molecular weight excluding hydrogens is 192 g/mol. The van der Waals surface area contributed by atoms with Gasteiger partial charge in [-0.2, -0.15) is 0 Å². The summed E-state index contributed by atoms with van der Waals surface area (Å²) >= 11 is 0. The molecule has 1 atom stereocenters. The Hall–Kier alpha value is -0.450. The molecule has 86 valence electrons. The minimum absolute atomic E-state index is 0.113. The molecule has 2 rings (SSSR count). The van der Waals surface area contributed by atoms with Crippen LogP contribution in [0.3, 0.4) is 0 Å². The topological polar surface area (TPSA) is 41.6 Å². The van der Waals surface area contributed by atoms with Gasteiger partial charge in [0.15, 0.2) is 5.78 Å². The van der Waals surface area contributed by atoms with Crippen LogP contribution in [0.4, 0.5) is 0 Å². The van der Waals surface area contributed by atoms with Gasteiger partial charge in [0.2, 0.25) is 0 Å². The van der Waals surface area contributed by atoms with Gasteiger partial charge in [-0.3, -0.25) is 9.69 Å². The van der Waals surface area contributed by atoms with Gasteiger partial charge in [-0.25, -0.2) is 0 Å². The van der Waals surface area contributed by atoms with Gasteiger partial charge in [0.05, 0.1) is 25.8 Å². The highest BCUT2D eigenvalue weighted by molar-refractivity contribution is 5.86. The van der Waals surface area contributed by atoms with Crippen molar-refractivity contribution in [3.63, 3.8) is 0 Å². The predicted octanol–water partition coefficient (Wildman–Crippen LogP) is 0.0298. The highest BCUT2D eigenvalue weighted by Crippen LogP contribution is 2.09. The van der Waals surface area contributed by atoms with Crippen LogP contribution < -0.4 is 5.32 Å². The Balaban J connectivity index is 1.74. The molecule has 4 heteroatoms. The Kier molecular flexibility index (Phi) is 4.11. The second-order valence-electron chi connectivity index (χ2n) is 4.36. The van der Waals surface area contributed by atoms with Crippen LogP contribution in [-0.2, 0) is 9.53 Å². The summed E-state index contributed by atoms with van der Waals surface area (Å²) in [6.45, 7) is 4.94. The molecule has 0 spiro atoms. The third kappa shape index (κ3) is 3.26. The molecule has 0 saturated carbocycles. The van der Waals surface area contributed by atoms with Crippen LogP contribution in [0.25, 0.3) is 0 Å². The van der Waals surface area contributed by atoms with Crippen molar-refractivity contribution in [2.45, 2.75) is 25.3 Å². The van der Waals surface area contributed by atoms with Gasteiger partial charge in [-0.05, 0) is 19.4 Å². The van der Waals surface area contributed by atoms with Crippen LogP contribution in [0.5, 0.6) is 0 Å². The van der Waals surface area contributed by atoms with Crippen LogP contribution in [0.1, 0.15) is 19.3 Å². The molecule has 0 amide bonds. The number of ketones is 1. The van der Waals surface area contributed by atoms with Crippen molar-refractivity contribution in [1.82, 2.24) is 10.2 Å². The number of hydrogen-bond acceptors (Lipinski definition) is 4. The predicted molar refractivity (Wildman–Crippen MR) is 57.9 cm³/mol. The summed E-state index contributed by atoms with van der Waals surface area (Å²) in [5.41, 5.74) is 0. The Bertz CT molecular complexity index is 209. The summed E-state index contributed by atoms with van der Waals surface area (Å²) in [6, 6.07) is 0.113. The van der Waals surface area contributed by atoms with Gasteiger partial charge in [-0.1, -0.05) is 6.42 Å². The maximum absolute atomic E-state index is 11.9. The van der Waals surface area contributed by atoms with E-state index in [4.69, 9.17) is 4.74 Å². The van der Waals surface area contributed by atoms with Gasteiger partial charge in [0.1, 0.15) is 0 Å². The first kappa shape index (κ1) is 11.0. The minimum atomic E-state index is 0.113. The molecule has 0 radical (unpaired) electrons. The van der Waals surface area contributed by atoms with E-state index in [2.05, 4.69) is 10.2 Å². The third-order valence-corrected chi connectivity index (χ3v) is 3.18. The molecular formula is C11H20N2O2. The standard InChI is InChI=1S/C11H20N2O2/c14-11(10-3-1-2-4-12-10)9-13-5-7-15-8-6-13/h10,12H,1-9H2. The molecule has 0 aromatic heterocycles. The van der Waals surface area contributed by atoms with Gasteiger partial charge >= 0.3 is 0 Å². The number of carbonyl (C=O) groups is 1. The fourth-order valence-corrected chi connectivity index (χ4v) is 2.22. The van der Waals surface area contributed by atoms with E-state index >= 15 is 0 Å². The van der Waals surface area contributed by atoms with E-state index < -0.39 is 0 Å². The second-order valence-corrected chi connectivity index (χ2v) is 4.36. The lowest BCUT2D eigenvalue weighted by atomic mass is 10.0. The molecule has 2 aliphatic heterocycles. The molecule has 0 aliphatic carbocycles. The maximum Gasteiger partial charge on any atom is 0.163 e. The zero-order valence-electron chi connectivity index (χ0n) is 9.21. The fraction of sp³-hybridized carbons (Fsp3) is 0.909. The van der Waals surface area contributed by atoms with E-state index in [1.807, 2.05) is 0 Å². The number of morpholine rings is 1. The van der Waals surface area contributed by atoms with E-state index in [1.165, 1.54) is 12.8 Å². The van der Waals surface area contributed by atoms with Crippen molar-refractivity contribution in [1.29, 1.82) is 0 Å². The quantitative estimate of drug-likeness (QED) is 0.716. The lowest BCUT2D eigenvalue weighted by molar-refractivity contribution is -0.123. The largest absolute Gasteiger partial charge is 0.379 e. The molecule has 0 bridgehead atoms. The van der Waals surface area contributed by atoms with Crippen molar-refractivity contribution in [2.75, 3.05) is 39.4 Å². The smallest absolute Gasteiger partial charge is 0.163 e. The van der Waals surface area contributed by atoms with Crippen molar-refractivity contribution in [2.24, 2.45) is 0 Å². The summed E-state index contributed by atoms with van der Waals surface area (Å²) in [6.07, 6.45) is 3.41. The molecule has 1 N–H and O–H groups in total. The van der Waals surface area contributed by atoms with Crippen LogP contribution >= 0.6 is 0 Å². The van der Waals surface area contributed by atoms with Crippen LogP contribution in [-0.4, -0.2) is 56.1 Å². The second kappa shape index (κ2) is 5.58. The number of nitrogens with zero attached hydrogens (tertiary/aromatic N) is 1. The molecule has 15 heavy (non-hydrogen) atoms. The molecule has 2 aliphatic rings. The van der Waals surface area contributed by atoms with Gasteiger partial charge in [-0.15, -0.1) is 0 Å². The molecule has 2 fully saturated rings. The number of rotatable bonds is 3. The molecule has 2 saturated heterocycles.